The molecule has 5 heteroatoms. The standard InChI is InChI=1S/C22H24N4O/c1-25-16-19(18-10-12-23-13-11-18)22(24-25)20-9-5-6-14-26(20)21(27)15-17-7-3-2-4-8-17/h2-4,7-8,10-13,16,20H,5-6,9,14-15H2,1H3/t20-/m1/s1. The molecule has 0 bridgehead atoms. The highest BCUT2D eigenvalue weighted by atomic mass is 16.2. The Balaban J connectivity index is 1.64. The van der Waals surface area contributed by atoms with E-state index >= 15 is 0 Å². The molecule has 5 nitrogen and oxygen atoms in total. The number of hydrogen-bond acceptors (Lipinski definition) is 3. The van der Waals surface area contributed by atoms with Crippen LogP contribution in [0.1, 0.15) is 36.6 Å². The number of pyridine rings is 1. The largest absolute Gasteiger partial charge is 0.334 e. The van der Waals surface area contributed by atoms with Crippen LogP contribution in [0, 0.1) is 0 Å². The average molecular weight is 360 g/mol. The Morgan fingerprint density at radius 2 is 1.89 bits per heavy atom. The minimum Gasteiger partial charge on any atom is -0.334 e. The third-order valence-electron chi connectivity index (χ3n) is 5.19. The van der Waals surface area contributed by atoms with Gasteiger partial charge in [-0.3, -0.25) is 14.5 Å². The zero-order valence-electron chi connectivity index (χ0n) is 15.6. The highest BCUT2D eigenvalue weighted by molar-refractivity contribution is 5.80. The molecular formula is C22H24N4O. The second kappa shape index (κ2) is 7.74. The van der Waals surface area contributed by atoms with Crippen LogP contribution in [0.4, 0.5) is 0 Å². The van der Waals surface area contributed by atoms with E-state index in [0.717, 1.165) is 48.2 Å². The van der Waals surface area contributed by atoms with Gasteiger partial charge < -0.3 is 4.90 Å². The molecule has 2 aromatic heterocycles. The smallest absolute Gasteiger partial charge is 0.227 e. The highest BCUT2D eigenvalue weighted by Crippen LogP contribution is 2.36. The number of aromatic nitrogens is 3. The molecule has 4 rings (SSSR count). The summed E-state index contributed by atoms with van der Waals surface area (Å²) in [7, 11) is 1.94. The lowest BCUT2D eigenvalue weighted by Crippen LogP contribution is -2.39. The topological polar surface area (TPSA) is 51.0 Å². The van der Waals surface area contributed by atoms with Crippen LogP contribution in [0.3, 0.4) is 0 Å². The van der Waals surface area contributed by atoms with Crippen molar-refractivity contribution in [2.75, 3.05) is 6.54 Å². The number of hydrogen-bond donors (Lipinski definition) is 0. The van der Waals surface area contributed by atoms with Gasteiger partial charge in [-0.25, -0.2) is 0 Å². The summed E-state index contributed by atoms with van der Waals surface area (Å²) in [6, 6.07) is 14.0. The monoisotopic (exact) mass is 360 g/mol. The van der Waals surface area contributed by atoms with Gasteiger partial charge in [0, 0.05) is 37.7 Å². The lowest BCUT2D eigenvalue weighted by Gasteiger charge is -2.35. The molecule has 0 unspecified atom stereocenters. The van der Waals surface area contributed by atoms with Gasteiger partial charge in [-0.05, 0) is 42.5 Å². The Kier molecular flexibility index (Phi) is 5.01. The SMILES string of the molecule is Cn1cc(-c2ccncc2)c([C@H]2CCCCN2C(=O)Cc2ccccc2)n1. The molecule has 0 saturated carbocycles. The Labute approximate surface area is 159 Å². The van der Waals surface area contributed by atoms with Crippen molar-refractivity contribution < 1.29 is 4.79 Å². The summed E-state index contributed by atoms with van der Waals surface area (Å²) in [5.41, 5.74) is 4.23. The maximum Gasteiger partial charge on any atom is 0.227 e. The van der Waals surface area contributed by atoms with E-state index < -0.39 is 0 Å². The first-order valence-corrected chi connectivity index (χ1v) is 9.49. The number of amides is 1. The van der Waals surface area contributed by atoms with Gasteiger partial charge in [-0.2, -0.15) is 5.10 Å². The van der Waals surface area contributed by atoms with Crippen LogP contribution in [-0.4, -0.2) is 32.1 Å². The fraction of sp³-hybridized carbons (Fsp3) is 0.318. The first kappa shape index (κ1) is 17.5. The molecule has 3 heterocycles. The van der Waals surface area contributed by atoms with E-state index in [1.807, 2.05) is 65.3 Å². The summed E-state index contributed by atoms with van der Waals surface area (Å²) in [6.07, 6.45) is 9.20. The Morgan fingerprint density at radius 3 is 2.67 bits per heavy atom. The van der Waals surface area contributed by atoms with Crippen molar-refractivity contribution in [2.45, 2.75) is 31.7 Å². The number of nitrogens with zero attached hydrogens (tertiary/aromatic N) is 4. The average Bonchev–Trinajstić information content (AvgIpc) is 3.11. The molecular weight excluding hydrogens is 336 g/mol. The second-order valence-electron chi connectivity index (χ2n) is 7.10. The zero-order valence-corrected chi connectivity index (χ0v) is 15.6. The number of rotatable bonds is 4. The summed E-state index contributed by atoms with van der Waals surface area (Å²) in [4.78, 5) is 19.2. The minimum absolute atomic E-state index is 0.0272. The summed E-state index contributed by atoms with van der Waals surface area (Å²) < 4.78 is 1.85. The number of likely N-dealkylation sites (tertiary alicyclic amines) is 1. The molecule has 1 atom stereocenters. The van der Waals surface area contributed by atoms with Gasteiger partial charge in [0.2, 0.25) is 5.91 Å². The van der Waals surface area contributed by atoms with E-state index in [1.54, 1.807) is 12.4 Å². The minimum atomic E-state index is 0.0272. The maximum atomic E-state index is 13.1. The van der Waals surface area contributed by atoms with Crippen molar-refractivity contribution >= 4 is 5.91 Å². The lowest BCUT2D eigenvalue weighted by molar-refractivity contribution is -0.134. The van der Waals surface area contributed by atoms with Crippen molar-refractivity contribution in [1.82, 2.24) is 19.7 Å². The van der Waals surface area contributed by atoms with Gasteiger partial charge in [0.25, 0.3) is 0 Å². The number of aryl methyl sites for hydroxylation is 1. The molecule has 0 N–H and O–H groups in total. The van der Waals surface area contributed by atoms with E-state index in [0.29, 0.717) is 6.42 Å². The molecule has 1 fully saturated rings. The quantitative estimate of drug-likeness (QED) is 0.711. The van der Waals surface area contributed by atoms with Gasteiger partial charge in [0.15, 0.2) is 0 Å². The summed E-state index contributed by atoms with van der Waals surface area (Å²) in [5, 5.41) is 4.75. The van der Waals surface area contributed by atoms with Gasteiger partial charge in [-0.1, -0.05) is 30.3 Å². The molecule has 1 aromatic carbocycles. The van der Waals surface area contributed by atoms with E-state index in [-0.39, 0.29) is 11.9 Å². The predicted octanol–water partition coefficient (Wildman–Crippen LogP) is 3.78. The van der Waals surface area contributed by atoms with Crippen LogP contribution >= 0.6 is 0 Å². The maximum absolute atomic E-state index is 13.1. The molecule has 3 aromatic rings. The molecule has 0 spiro atoms. The first-order chi connectivity index (χ1) is 13.2. The Morgan fingerprint density at radius 1 is 1.11 bits per heavy atom. The molecule has 0 aliphatic carbocycles. The van der Waals surface area contributed by atoms with Crippen LogP contribution in [0.15, 0.2) is 61.1 Å². The van der Waals surface area contributed by atoms with Crippen molar-refractivity contribution in [2.24, 2.45) is 7.05 Å². The van der Waals surface area contributed by atoms with Crippen LogP contribution < -0.4 is 0 Å². The second-order valence-corrected chi connectivity index (χ2v) is 7.10. The van der Waals surface area contributed by atoms with E-state index in [2.05, 4.69) is 4.98 Å². The van der Waals surface area contributed by atoms with Crippen LogP contribution in [-0.2, 0) is 18.3 Å². The summed E-state index contributed by atoms with van der Waals surface area (Å²) >= 11 is 0. The number of carbonyl (C=O) groups excluding carboxylic acids is 1. The van der Waals surface area contributed by atoms with Crippen molar-refractivity contribution in [3.05, 3.63) is 72.3 Å². The fourth-order valence-corrected chi connectivity index (χ4v) is 3.89. The molecule has 1 amide bonds. The molecule has 0 radical (unpaired) electrons. The fourth-order valence-electron chi connectivity index (χ4n) is 3.89. The number of benzene rings is 1. The molecule has 1 saturated heterocycles. The predicted molar refractivity (Wildman–Crippen MR) is 105 cm³/mol. The van der Waals surface area contributed by atoms with E-state index in [9.17, 15) is 4.79 Å². The molecule has 1 aliphatic heterocycles. The Hall–Kier alpha value is -2.95. The first-order valence-electron chi connectivity index (χ1n) is 9.49. The lowest BCUT2D eigenvalue weighted by atomic mass is 9.94. The van der Waals surface area contributed by atoms with Gasteiger partial charge in [0.05, 0.1) is 18.2 Å². The van der Waals surface area contributed by atoms with Gasteiger partial charge in [-0.15, -0.1) is 0 Å². The number of piperidine rings is 1. The van der Waals surface area contributed by atoms with Gasteiger partial charge >= 0.3 is 0 Å². The van der Waals surface area contributed by atoms with Crippen LogP contribution in [0.5, 0.6) is 0 Å². The zero-order chi connectivity index (χ0) is 18.6. The van der Waals surface area contributed by atoms with Crippen molar-refractivity contribution in [1.29, 1.82) is 0 Å². The van der Waals surface area contributed by atoms with E-state index in [1.165, 1.54) is 0 Å². The van der Waals surface area contributed by atoms with Crippen LogP contribution in [0.25, 0.3) is 11.1 Å². The summed E-state index contributed by atoms with van der Waals surface area (Å²) in [5.74, 6) is 0.178. The van der Waals surface area contributed by atoms with Crippen molar-refractivity contribution in [3.63, 3.8) is 0 Å². The third kappa shape index (κ3) is 3.77. The third-order valence-corrected chi connectivity index (χ3v) is 5.19. The Bertz CT molecular complexity index is 905. The molecule has 138 valence electrons. The molecule has 1 aliphatic rings. The summed E-state index contributed by atoms with van der Waals surface area (Å²) in [6.45, 7) is 0.794. The highest BCUT2D eigenvalue weighted by Gasteiger charge is 2.31. The van der Waals surface area contributed by atoms with Gasteiger partial charge in [0.1, 0.15) is 0 Å². The van der Waals surface area contributed by atoms with Crippen LogP contribution in [0.2, 0.25) is 0 Å². The van der Waals surface area contributed by atoms with Crippen molar-refractivity contribution in [3.8, 4) is 11.1 Å². The molecule has 27 heavy (non-hydrogen) atoms. The normalized spacial score (nSPS) is 17.1. The van der Waals surface area contributed by atoms with E-state index in [4.69, 9.17) is 5.10 Å². The number of carbonyl (C=O) groups is 1.